The van der Waals surface area contributed by atoms with Gasteiger partial charge in [0, 0.05) is 28.9 Å². The molecule has 0 saturated heterocycles. The first-order valence-electron chi connectivity index (χ1n) is 6.23. The monoisotopic (exact) mass is 312 g/mol. The van der Waals surface area contributed by atoms with Crippen molar-refractivity contribution in [1.82, 2.24) is 5.32 Å². The standard InChI is InChI=1S/C13H16N2O3S2/c1-9(5-11(16)12-3-2-4-19-12)14-7-10-6-13(15(17)18)20-8-10/h2-4,6,8-9,11,14,16H,5,7H2,1H3. The zero-order valence-corrected chi connectivity index (χ0v) is 12.6. The normalized spacial score (nSPS) is 14.1. The maximum absolute atomic E-state index is 10.6. The van der Waals surface area contributed by atoms with Gasteiger partial charge in [0.2, 0.25) is 0 Å². The number of rotatable bonds is 7. The highest BCUT2D eigenvalue weighted by Crippen LogP contribution is 2.24. The van der Waals surface area contributed by atoms with Crippen LogP contribution in [-0.4, -0.2) is 16.1 Å². The Bertz CT molecular complexity index is 554. The van der Waals surface area contributed by atoms with Gasteiger partial charge in [0.15, 0.2) is 0 Å². The lowest BCUT2D eigenvalue weighted by molar-refractivity contribution is -0.380. The minimum atomic E-state index is -0.464. The van der Waals surface area contributed by atoms with Crippen molar-refractivity contribution in [2.75, 3.05) is 0 Å². The topological polar surface area (TPSA) is 75.4 Å². The quantitative estimate of drug-likeness (QED) is 0.607. The Labute approximate surface area is 125 Å². The van der Waals surface area contributed by atoms with Crippen LogP contribution in [0.2, 0.25) is 0 Å². The van der Waals surface area contributed by atoms with Gasteiger partial charge in [-0.15, -0.1) is 11.3 Å². The predicted octanol–water partition coefficient (Wildman–Crippen LogP) is 3.32. The summed E-state index contributed by atoms with van der Waals surface area (Å²) in [6.45, 7) is 2.57. The molecule has 2 rings (SSSR count). The number of aliphatic hydroxyl groups is 1. The highest BCUT2D eigenvalue weighted by Gasteiger charge is 2.14. The molecule has 2 N–H and O–H groups in total. The summed E-state index contributed by atoms with van der Waals surface area (Å²) < 4.78 is 0. The van der Waals surface area contributed by atoms with Crippen molar-refractivity contribution >= 4 is 27.7 Å². The van der Waals surface area contributed by atoms with Crippen molar-refractivity contribution in [3.63, 3.8) is 0 Å². The predicted molar refractivity (Wildman–Crippen MR) is 81.2 cm³/mol. The zero-order valence-electron chi connectivity index (χ0n) is 11.0. The molecule has 0 bridgehead atoms. The molecule has 0 aliphatic rings. The smallest absolute Gasteiger partial charge is 0.324 e. The summed E-state index contributed by atoms with van der Waals surface area (Å²) in [4.78, 5) is 11.2. The molecule has 2 unspecified atom stereocenters. The van der Waals surface area contributed by atoms with E-state index in [-0.39, 0.29) is 16.0 Å². The van der Waals surface area contributed by atoms with Crippen LogP contribution in [0.1, 0.15) is 29.9 Å². The third-order valence-electron chi connectivity index (χ3n) is 2.92. The van der Waals surface area contributed by atoms with Crippen molar-refractivity contribution in [1.29, 1.82) is 0 Å². The lowest BCUT2D eigenvalue weighted by Gasteiger charge is -2.16. The minimum Gasteiger partial charge on any atom is -0.388 e. The highest BCUT2D eigenvalue weighted by atomic mass is 32.1. The van der Waals surface area contributed by atoms with E-state index < -0.39 is 6.10 Å². The van der Waals surface area contributed by atoms with Crippen molar-refractivity contribution in [3.8, 4) is 0 Å². The van der Waals surface area contributed by atoms with Crippen LogP contribution in [0.15, 0.2) is 29.0 Å². The number of nitro groups is 1. The van der Waals surface area contributed by atoms with Gasteiger partial charge in [0.1, 0.15) is 0 Å². The second-order valence-electron chi connectivity index (χ2n) is 4.60. The van der Waals surface area contributed by atoms with Crippen LogP contribution in [0.25, 0.3) is 0 Å². The van der Waals surface area contributed by atoms with E-state index in [2.05, 4.69) is 5.32 Å². The molecule has 0 saturated carbocycles. The van der Waals surface area contributed by atoms with E-state index in [1.54, 1.807) is 22.8 Å². The fourth-order valence-electron chi connectivity index (χ4n) is 1.86. The van der Waals surface area contributed by atoms with Gasteiger partial charge in [-0.25, -0.2) is 0 Å². The molecule has 2 atom stereocenters. The molecule has 108 valence electrons. The summed E-state index contributed by atoms with van der Waals surface area (Å²) in [5.41, 5.74) is 0.902. The van der Waals surface area contributed by atoms with Gasteiger partial charge in [-0.05, 0) is 30.4 Å². The van der Waals surface area contributed by atoms with Crippen molar-refractivity contribution in [2.24, 2.45) is 0 Å². The summed E-state index contributed by atoms with van der Waals surface area (Å²) in [5.74, 6) is 0. The fraction of sp³-hybridized carbons (Fsp3) is 0.385. The molecule has 2 heterocycles. The molecular formula is C13H16N2O3S2. The lowest BCUT2D eigenvalue weighted by Crippen LogP contribution is -2.27. The van der Waals surface area contributed by atoms with Gasteiger partial charge in [-0.3, -0.25) is 10.1 Å². The zero-order chi connectivity index (χ0) is 14.5. The lowest BCUT2D eigenvalue weighted by atomic mass is 10.1. The van der Waals surface area contributed by atoms with Gasteiger partial charge >= 0.3 is 5.00 Å². The Morgan fingerprint density at radius 1 is 1.50 bits per heavy atom. The third-order valence-corrected chi connectivity index (χ3v) is 4.83. The Kier molecular flexibility index (Phi) is 5.24. The number of thiophene rings is 2. The number of aliphatic hydroxyl groups excluding tert-OH is 1. The van der Waals surface area contributed by atoms with Crippen LogP contribution in [0.5, 0.6) is 0 Å². The van der Waals surface area contributed by atoms with Gasteiger partial charge in [-0.1, -0.05) is 17.4 Å². The van der Waals surface area contributed by atoms with E-state index in [4.69, 9.17) is 0 Å². The number of nitrogens with one attached hydrogen (secondary N) is 1. The van der Waals surface area contributed by atoms with E-state index >= 15 is 0 Å². The molecular weight excluding hydrogens is 296 g/mol. The largest absolute Gasteiger partial charge is 0.388 e. The molecule has 0 radical (unpaired) electrons. The molecule has 7 heteroatoms. The Morgan fingerprint density at radius 3 is 2.90 bits per heavy atom. The Hall–Kier alpha value is -1.28. The van der Waals surface area contributed by atoms with Crippen LogP contribution in [0, 0.1) is 10.1 Å². The van der Waals surface area contributed by atoms with Crippen LogP contribution in [0.3, 0.4) is 0 Å². The first kappa shape index (κ1) is 15.1. The van der Waals surface area contributed by atoms with Crippen LogP contribution in [0.4, 0.5) is 5.00 Å². The second-order valence-corrected chi connectivity index (χ2v) is 6.47. The van der Waals surface area contributed by atoms with Crippen molar-refractivity contribution < 1.29 is 10.0 Å². The third kappa shape index (κ3) is 4.11. The summed E-state index contributed by atoms with van der Waals surface area (Å²) in [7, 11) is 0. The summed E-state index contributed by atoms with van der Waals surface area (Å²) >= 11 is 2.68. The van der Waals surface area contributed by atoms with Crippen LogP contribution >= 0.6 is 22.7 Å². The van der Waals surface area contributed by atoms with E-state index in [0.29, 0.717) is 13.0 Å². The van der Waals surface area contributed by atoms with Crippen LogP contribution in [-0.2, 0) is 6.54 Å². The molecule has 2 aromatic heterocycles. The average Bonchev–Trinajstić information content (AvgIpc) is 3.07. The molecule has 0 aromatic carbocycles. The molecule has 0 fully saturated rings. The van der Waals surface area contributed by atoms with Crippen LogP contribution < -0.4 is 5.32 Å². The fourth-order valence-corrected chi connectivity index (χ4v) is 3.31. The first-order valence-corrected chi connectivity index (χ1v) is 7.99. The van der Waals surface area contributed by atoms with E-state index in [0.717, 1.165) is 21.8 Å². The number of hydrogen-bond acceptors (Lipinski definition) is 6. The second kappa shape index (κ2) is 6.94. The molecule has 0 spiro atoms. The highest BCUT2D eigenvalue weighted by molar-refractivity contribution is 7.13. The number of hydrogen-bond donors (Lipinski definition) is 2. The summed E-state index contributed by atoms with van der Waals surface area (Å²) in [5, 5.41) is 27.8. The SMILES string of the molecule is CC(CC(O)c1cccs1)NCc1csc([N+](=O)[O-])c1. The molecule has 0 aliphatic heterocycles. The van der Waals surface area contributed by atoms with E-state index in [9.17, 15) is 15.2 Å². The first-order chi connectivity index (χ1) is 9.56. The van der Waals surface area contributed by atoms with Gasteiger partial charge in [0.05, 0.1) is 11.0 Å². The Morgan fingerprint density at radius 2 is 2.30 bits per heavy atom. The molecule has 0 aliphatic carbocycles. The number of nitrogens with zero attached hydrogens (tertiary/aromatic N) is 1. The molecule has 20 heavy (non-hydrogen) atoms. The van der Waals surface area contributed by atoms with E-state index in [1.165, 1.54) is 0 Å². The van der Waals surface area contributed by atoms with Gasteiger partial charge in [-0.2, -0.15) is 0 Å². The van der Waals surface area contributed by atoms with Crippen molar-refractivity contribution in [2.45, 2.75) is 32.0 Å². The van der Waals surface area contributed by atoms with Crippen molar-refractivity contribution in [3.05, 3.63) is 49.5 Å². The summed E-state index contributed by atoms with van der Waals surface area (Å²) in [6, 6.07) is 5.56. The molecule has 5 nitrogen and oxygen atoms in total. The summed E-state index contributed by atoms with van der Waals surface area (Å²) in [6.07, 6.45) is 0.154. The minimum absolute atomic E-state index is 0.131. The molecule has 0 amide bonds. The van der Waals surface area contributed by atoms with Gasteiger partial charge < -0.3 is 10.4 Å². The van der Waals surface area contributed by atoms with E-state index in [1.807, 2.05) is 24.4 Å². The average molecular weight is 312 g/mol. The Balaban J connectivity index is 1.79. The maximum Gasteiger partial charge on any atom is 0.324 e. The maximum atomic E-state index is 10.6. The molecule has 2 aromatic rings. The van der Waals surface area contributed by atoms with Gasteiger partial charge in [0.25, 0.3) is 0 Å².